The number of hydrogen-bond acceptors (Lipinski definition) is 6. The molecule has 1 N–H and O–H groups in total. The molecule has 1 aliphatic heterocycles. The topological polar surface area (TPSA) is 78.3 Å². The first-order valence-electron chi connectivity index (χ1n) is 12.5. The Kier molecular flexibility index (Phi) is 5.96. The number of nitrogens with one attached hydrogen (secondary N) is 1. The standard InChI is InChI=1S/C30H28N4O3/c1-19-11-13-21(14-12-19)29-32-30-31-23-9-6-10-24(35)27(23)28(34(30)33-29)22-15-16-25(26(17-22)36-2)37-18-20-7-4-3-5-8-20/h3-5,7-8,11-17,28H,6,9-10,18H2,1-2H3,(H,31,32,33). The van der Waals surface area contributed by atoms with Crippen LogP contribution in [0.3, 0.4) is 0 Å². The molecule has 0 saturated carbocycles. The summed E-state index contributed by atoms with van der Waals surface area (Å²) in [5.74, 6) is 2.65. The molecule has 1 aliphatic carbocycles. The van der Waals surface area contributed by atoms with Crippen molar-refractivity contribution in [1.29, 1.82) is 0 Å². The average Bonchev–Trinajstić information content (AvgIpc) is 3.35. The summed E-state index contributed by atoms with van der Waals surface area (Å²) in [5.41, 5.74) is 5.76. The lowest BCUT2D eigenvalue weighted by Gasteiger charge is -2.32. The van der Waals surface area contributed by atoms with Crippen molar-refractivity contribution < 1.29 is 14.3 Å². The third-order valence-corrected chi connectivity index (χ3v) is 6.92. The molecule has 7 heteroatoms. The summed E-state index contributed by atoms with van der Waals surface area (Å²) >= 11 is 0. The highest BCUT2D eigenvalue weighted by atomic mass is 16.5. The molecule has 37 heavy (non-hydrogen) atoms. The molecule has 0 radical (unpaired) electrons. The molecule has 2 heterocycles. The number of methoxy groups -OCH3 is 1. The summed E-state index contributed by atoms with van der Waals surface area (Å²) in [5, 5.41) is 8.27. The largest absolute Gasteiger partial charge is 0.493 e. The summed E-state index contributed by atoms with van der Waals surface area (Å²) in [6, 6.07) is 23.6. The van der Waals surface area contributed by atoms with Crippen molar-refractivity contribution in [3.05, 3.63) is 101 Å². The Morgan fingerprint density at radius 1 is 1.00 bits per heavy atom. The number of anilines is 1. The molecular weight excluding hydrogens is 464 g/mol. The molecule has 0 amide bonds. The van der Waals surface area contributed by atoms with Gasteiger partial charge in [0, 0.05) is 23.3 Å². The number of allylic oxidation sites excluding steroid dienone is 2. The Balaban J connectivity index is 1.40. The maximum Gasteiger partial charge on any atom is 0.226 e. The second-order valence-electron chi connectivity index (χ2n) is 9.45. The fourth-order valence-electron chi connectivity index (χ4n) is 5.00. The van der Waals surface area contributed by atoms with Gasteiger partial charge in [0.1, 0.15) is 12.6 Å². The molecule has 0 saturated heterocycles. The van der Waals surface area contributed by atoms with Gasteiger partial charge in [-0.1, -0.05) is 66.2 Å². The van der Waals surface area contributed by atoms with Gasteiger partial charge in [-0.05, 0) is 43.0 Å². The number of ketones is 1. The van der Waals surface area contributed by atoms with E-state index in [0.29, 0.717) is 36.3 Å². The van der Waals surface area contributed by atoms with Gasteiger partial charge in [-0.3, -0.25) is 4.79 Å². The van der Waals surface area contributed by atoms with E-state index in [9.17, 15) is 4.79 Å². The SMILES string of the molecule is COc1cc(C2C3=C(CCCC3=O)Nc3nc(-c4ccc(C)cc4)nn32)ccc1OCc1ccccc1. The highest BCUT2D eigenvalue weighted by molar-refractivity contribution is 5.99. The Hall–Kier alpha value is -4.39. The van der Waals surface area contributed by atoms with E-state index in [0.717, 1.165) is 40.8 Å². The van der Waals surface area contributed by atoms with E-state index >= 15 is 0 Å². The Morgan fingerprint density at radius 3 is 2.59 bits per heavy atom. The number of carbonyl (C=O) groups is 1. The minimum Gasteiger partial charge on any atom is -0.493 e. The number of carbonyl (C=O) groups excluding carboxylic acids is 1. The van der Waals surface area contributed by atoms with Gasteiger partial charge in [0.05, 0.1) is 7.11 Å². The molecule has 0 spiro atoms. The molecule has 0 fully saturated rings. The van der Waals surface area contributed by atoms with E-state index in [1.165, 1.54) is 5.56 Å². The second kappa shape index (κ2) is 9.58. The van der Waals surface area contributed by atoms with Gasteiger partial charge in [0.25, 0.3) is 0 Å². The van der Waals surface area contributed by atoms with Crippen LogP contribution in [0, 0.1) is 6.92 Å². The van der Waals surface area contributed by atoms with Crippen LogP contribution in [0.25, 0.3) is 11.4 Å². The summed E-state index contributed by atoms with van der Waals surface area (Å²) in [4.78, 5) is 18.0. The fourth-order valence-corrected chi connectivity index (χ4v) is 5.00. The lowest BCUT2D eigenvalue weighted by Crippen LogP contribution is -2.31. The van der Waals surface area contributed by atoms with Gasteiger partial charge < -0.3 is 14.8 Å². The maximum atomic E-state index is 13.2. The van der Waals surface area contributed by atoms with Gasteiger partial charge in [-0.2, -0.15) is 4.98 Å². The lowest BCUT2D eigenvalue weighted by molar-refractivity contribution is -0.116. The maximum absolute atomic E-state index is 13.2. The Bertz CT molecular complexity index is 1490. The predicted molar refractivity (Wildman–Crippen MR) is 142 cm³/mol. The number of benzene rings is 3. The second-order valence-corrected chi connectivity index (χ2v) is 9.45. The third kappa shape index (κ3) is 4.37. The third-order valence-electron chi connectivity index (χ3n) is 6.92. The molecule has 1 unspecified atom stereocenters. The van der Waals surface area contributed by atoms with E-state index in [2.05, 4.69) is 12.2 Å². The van der Waals surface area contributed by atoms with Crippen molar-refractivity contribution >= 4 is 11.7 Å². The smallest absolute Gasteiger partial charge is 0.226 e. The normalized spacial score (nSPS) is 16.6. The molecule has 1 atom stereocenters. The first-order chi connectivity index (χ1) is 18.1. The number of aryl methyl sites for hydroxylation is 1. The van der Waals surface area contributed by atoms with Crippen LogP contribution in [-0.2, 0) is 11.4 Å². The lowest BCUT2D eigenvalue weighted by atomic mass is 9.85. The first-order valence-corrected chi connectivity index (χ1v) is 12.5. The Morgan fingerprint density at radius 2 is 1.81 bits per heavy atom. The molecule has 7 nitrogen and oxygen atoms in total. The monoisotopic (exact) mass is 492 g/mol. The number of hydrogen-bond donors (Lipinski definition) is 1. The van der Waals surface area contributed by atoms with Gasteiger partial charge in [-0.15, -0.1) is 5.10 Å². The number of ether oxygens (including phenoxy) is 2. The van der Waals surface area contributed by atoms with Crippen LogP contribution >= 0.6 is 0 Å². The zero-order valence-corrected chi connectivity index (χ0v) is 20.9. The van der Waals surface area contributed by atoms with Crippen molar-refractivity contribution in [1.82, 2.24) is 14.8 Å². The van der Waals surface area contributed by atoms with Gasteiger partial charge >= 0.3 is 0 Å². The minimum atomic E-state index is -0.400. The van der Waals surface area contributed by atoms with Crippen molar-refractivity contribution in [2.75, 3.05) is 12.4 Å². The van der Waals surface area contributed by atoms with Gasteiger partial charge in [0.15, 0.2) is 23.1 Å². The first kappa shape index (κ1) is 23.0. The van der Waals surface area contributed by atoms with Crippen molar-refractivity contribution in [3.63, 3.8) is 0 Å². The highest BCUT2D eigenvalue weighted by Gasteiger charge is 2.37. The number of Topliss-reactive ketones (excluding diaryl/α,β-unsaturated/α-hetero) is 1. The van der Waals surface area contributed by atoms with Crippen LogP contribution in [0.1, 0.15) is 42.0 Å². The molecular formula is C30H28N4O3. The molecule has 4 aromatic rings. The van der Waals surface area contributed by atoms with Crippen LogP contribution < -0.4 is 14.8 Å². The zero-order valence-electron chi connectivity index (χ0n) is 20.9. The van der Waals surface area contributed by atoms with Crippen molar-refractivity contribution in [2.45, 2.75) is 38.8 Å². The van der Waals surface area contributed by atoms with E-state index in [1.54, 1.807) is 7.11 Å². The van der Waals surface area contributed by atoms with E-state index in [4.69, 9.17) is 19.6 Å². The average molecular weight is 493 g/mol. The van der Waals surface area contributed by atoms with Crippen molar-refractivity contribution in [3.8, 4) is 22.9 Å². The van der Waals surface area contributed by atoms with Crippen molar-refractivity contribution in [2.24, 2.45) is 0 Å². The molecule has 1 aromatic heterocycles. The minimum absolute atomic E-state index is 0.139. The summed E-state index contributed by atoms with van der Waals surface area (Å²) in [6.45, 7) is 2.49. The van der Waals surface area contributed by atoms with E-state index in [1.807, 2.05) is 77.5 Å². The van der Waals surface area contributed by atoms with Crippen LogP contribution in [0.15, 0.2) is 84.1 Å². The molecule has 186 valence electrons. The molecule has 6 rings (SSSR count). The van der Waals surface area contributed by atoms with E-state index < -0.39 is 6.04 Å². The quantitative estimate of drug-likeness (QED) is 0.363. The summed E-state index contributed by atoms with van der Waals surface area (Å²) in [7, 11) is 1.63. The van der Waals surface area contributed by atoms with Gasteiger partial charge in [-0.25, -0.2) is 4.68 Å². The molecule has 0 bridgehead atoms. The van der Waals surface area contributed by atoms with Crippen LogP contribution in [-0.4, -0.2) is 27.7 Å². The number of aromatic nitrogens is 3. The predicted octanol–water partition coefficient (Wildman–Crippen LogP) is 5.86. The van der Waals surface area contributed by atoms with Gasteiger partial charge in [0.2, 0.25) is 5.95 Å². The number of nitrogens with zero attached hydrogens (tertiary/aromatic N) is 3. The molecule has 2 aliphatic rings. The number of fused-ring (bicyclic) bond motifs is 1. The number of rotatable bonds is 6. The highest BCUT2D eigenvalue weighted by Crippen LogP contribution is 2.42. The summed E-state index contributed by atoms with van der Waals surface area (Å²) < 4.78 is 13.6. The summed E-state index contributed by atoms with van der Waals surface area (Å²) in [6.07, 6.45) is 2.16. The van der Waals surface area contributed by atoms with E-state index in [-0.39, 0.29) is 5.78 Å². The molecule has 3 aromatic carbocycles. The Labute approximate surface area is 215 Å². The van der Waals surface area contributed by atoms with Crippen LogP contribution in [0.4, 0.5) is 5.95 Å². The fraction of sp³-hybridized carbons (Fsp3) is 0.233. The zero-order chi connectivity index (χ0) is 25.4. The van der Waals surface area contributed by atoms with Crippen LogP contribution in [0.5, 0.6) is 11.5 Å². The van der Waals surface area contributed by atoms with Crippen LogP contribution in [0.2, 0.25) is 0 Å².